The van der Waals surface area contributed by atoms with Crippen molar-refractivity contribution in [3.8, 4) is 11.8 Å². The van der Waals surface area contributed by atoms with Gasteiger partial charge in [-0.3, -0.25) is 4.79 Å². The molecule has 100 valence electrons. The van der Waals surface area contributed by atoms with Gasteiger partial charge in [-0.2, -0.15) is 5.26 Å². The molecule has 1 amide bonds. The number of carbonyl (C=O) groups is 1. The molecule has 1 aliphatic rings. The summed E-state index contributed by atoms with van der Waals surface area (Å²) in [5.41, 5.74) is 0.738. The van der Waals surface area contributed by atoms with Crippen LogP contribution in [0.15, 0.2) is 24.3 Å². The molecule has 0 radical (unpaired) electrons. The van der Waals surface area contributed by atoms with Crippen LogP contribution >= 0.6 is 0 Å². The highest BCUT2D eigenvalue weighted by Crippen LogP contribution is 2.16. The van der Waals surface area contributed by atoms with Crippen LogP contribution in [0.5, 0.6) is 5.75 Å². The molecular weight excluding hydrogens is 242 g/mol. The van der Waals surface area contributed by atoms with Crippen LogP contribution in [0, 0.1) is 11.3 Å². The minimum atomic E-state index is -0.0942. The van der Waals surface area contributed by atoms with E-state index < -0.39 is 0 Å². The Labute approximate surface area is 112 Å². The lowest BCUT2D eigenvalue weighted by Gasteiger charge is -2.22. The van der Waals surface area contributed by atoms with Crippen LogP contribution in [-0.2, 0) is 4.79 Å². The normalized spacial score (nSPS) is 18.4. The van der Waals surface area contributed by atoms with Crippen LogP contribution < -0.4 is 15.4 Å². The fourth-order valence-electron chi connectivity index (χ4n) is 2.06. The lowest BCUT2D eigenvalue weighted by Crippen LogP contribution is -2.43. The van der Waals surface area contributed by atoms with Crippen molar-refractivity contribution in [2.24, 2.45) is 0 Å². The number of amides is 1. The first-order valence-electron chi connectivity index (χ1n) is 6.43. The van der Waals surface area contributed by atoms with Crippen molar-refractivity contribution < 1.29 is 9.53 Å². The van der Waals surface area contributed by atoms with E-state index >= 15 is 0 Å². The van der Waals surface area contributed by atoms with E-state index in [2.05, 4.69) is 10.6 Å². The van der Waals surface area contributed by atoms with Crippen LogP contribution in [0.1, 0.15) is 19.3 Å². The number of anilines is 1. The van der Waals surface area contributed by atoms with E-state index in [-0.39, 0.29) is 18.6 Å². The third kappa shape index (κ3) is 3.97. The molecule has 1 heterocycles. The Hall–Kier alpha value is -2.06. The Morgan fingerprint density at radius 2 is 2.21 bits per heavy atom. The van der Waals surface area contributed by atoms with Crippen molar-refractivity contribution in [2.75, 3.05) is 18.5 Å². The number of nitrogens with zero attached hydrogens (tertiary/aromatic N) is 1. The predicted octanol–water partition coefficient (Wildman–Crippen LogP) is 1.67. The van der Waals surface area contributed by atoms with E-state index in [0.29, 0.717) is 5.75 Å². The zero-order chi connectivity index (χ0) is 13.5. The maximum atomic E-state index is 12.0. The largest absolute Gasteiger partial charge is 0.479 e. The molecule has 0 saturated carbocycles. The van der Waals surface area contributed by atoms with Crippen molar-refractivity contribution in [3.05, 3.63) is 24.3 Å². The standard InChI is InChI=1S/C14H17N3O2/c15-8-10-19-12-6-4-11(5-7-12)17-14(18)13-3-1-2-9-16-13/h4-7,13,16H,1-3,9-10H2,(H,17,18)/t13-/m1/s1. The van der Waals surface area contributed by atoms with Gasteiger partial charge in [0.1, 0.15) is 11.8 Å². The van der Waals surface area contributed by atoms with E-state index in [4.69, 9.17) is 10.00 Å². The lowest BCUT2D eigenvalue weighted by molar-refractivity contribution is -0.118. The van der Waals surface area contributed by atoms with Crippen molar-refractivity contribution >= 4 is 11.6 Å². The van der Waals surface area contributed by atoms with E-state index in [1.54, 1.807) is 24.3 Å². The molecule has 1 aliphatic heterocycles. The van der Waals surface area contributed by atoms with Gasteiger partial charge in [-0.25, -0.2) is 0 Å². The van der Waals surface area contributed by atoms with Gasteiger partial charge in [0.15, 0.2) is 6.61 Å². The number of piperidine rings is 1. The molecule has 2 rings (SSSR count). The second-order valence-electron chi connectivity index (χ2n) is 4.46. The second-order valence-corrected chi connectivity index (χ2v) is 4.46. The molecule has 19 heavy (non-hydrogen) atoms. The fraction of sp³-hybridized carbons (Fsp3) is 0.429. The number of rotatable bonds is 4. The highest BCUT2D eigenvalue weighted by Gasteiger charge is 2.20. The molecule has 1 aromatic carbocycles. The van der Waals surface area contributed by atoms with E-state index in [1.807, 2.05) is 6.07 Å². The number of benzene rings is 1. The molecule has 1 saturated heterocycles. The average Bonchev–Trinajstić information content (AvgIpc) is 2.47. The molecule has 5 heteroatoms. The highest BCUT2D eigenvalue weighted by atomic mass is 16.5. The smallest absolute Gasteiger partial charge is 0.241 e. The lowest BCUT2D eigenvalue weighted by atomic mass is 10.0. The third-order valence-electron chi connectivity index (χ3n) is 3.05. The van der Waals surface area contributed by atoms with Crippen molar-refractivity contribution in [2.45, 2.75) is 25.3 Å². The van der Waals surface area contributed by atoms with Gasteiger partial charge >= 0.3 is 0 Å². The Bertz CT molecular complexity index is 459. The number of ether oxygens (including phenoxy) is 1. The van der Waals surface area contributed by atoms with Gasteiger partial charge in [0.05, 0.1) is 6.04 Å². The van der Waals surface area contributed by atoms with Crippen LogP contribution in [0.25, 0.3) is 0 Å². The molecule has 0 aromatic heterocycles. The van der Waals surface area contributed by atoms with Gasteiger partial charge in [-0.1, -0.05) is 6.42 Å². The molecule has 1 fully saturated rings. The van der Waals surface area contributed by atoms with Gasteiger partial charge in [0.25, 0.3) is 0 Å². The summed E-state index contributed by atoms with van der Waals surface area (Å²) in [6, 6.07) is 8.83. The fourth-order valence-corrected chi connectivity index (χ4v) is 2.06. The first kappa shape index (κ1) is 13.4. The molecule has 5 nitrogen and oxygen atoms in total. The Balaban J connectivity index is 1.88. The zero-order valence-electron chi connectivity index (χ0n) is 10.7. The van der Waals surface area contributed by atoms with E-state index in [9.17, 15) is 4.79 Å². The Morgan fingerprint density at radius 3 is 2.84 bits per heavy atom. The molecule has 0 bridgehead atoms. The van der Waals surface area contributed by atoms with Crippen molar-refractivity contribution in [1.29, 1.82) is 5.26 Å². The molecule has 1 atom stereocenters. The summed E-state index contributed by atoms with van der Waals surface area (Å²) in [5, 5.41) is 14.5. The monoisotopic (exact) mass is 259 g/mol. The van der Waals surface area contributed by atoms with Gasteiger partial charge in [-0.15, -0.1) is 0 Å². The summed E-state index contributed by atoms with van der Waals surface area (Å²) in [6.07, 6.45) is 3.11. The molecule has 0 unspecified atom stereocenters. The average molecular weight is 259 g/mol. The Morgan fingerprint density at radius 1 is 1.42 bits per heavy atom. The molecule has 1 aromatic rings. The Kier molecular flexibility index (Phi) is 4.76. The van der Waals surface area contributed by atoms with Gasteiger partial charge in [0, 0.05) is 5.69 Å². The van der Waals surface area contributed by atoms with Crippen LogP contribution in [0.2, 0.25) is 0 Å². The third-order valence-corrected chi connectivity index (χ3v) is 3.05. The number of hydrogen-bond acceptors (Lipinski definition) is 4. The number of nitriles is 1. The summed E-state index contributed by atoms with van der Waals surface area (Å²) in [5.74, 6) is 0.626. The first-order valence-corrected chi connectivity index (χ1v) is 6.43. The van der Waals surface area contributed by atoms with E-state index in [1.165, 1.54) is 0 Å². The summed E-state index contributed by atoms with van der Waals surface area (Å²) in [7, 11) is 0. The van der Waals surface area contributed by atoms with Crippen LogP contribution in [-0.4, -0.2) is 25.1 Å². The molecule has 0 aliphatic carbocycles. The van der Waals surface area contributed by atoms with Crippen molar-refractivity contribution in [1.82, 2.24) is 5.32 Å². The summed E-state index contributed by atoms with van der Waals surface area (Å²) >= 11 is 0. The molecule has 2 N–H and O–H groups in total. The predicted molar refractivity (Wildman–Crippen MR) is 71.8 cm³/mol. The summed E-state index contributed by atoms with van der Waals surface area (Å²) < 4.78 is 5.15. The topological polar surface area (TPSA) is 74.1 Å². The zero-order valence-corrected chi connectivity index (χ0v) is 10.7. The van der Waals surface area contributed by atoms with Gasteiger partial charge < -0.3 is 15.4 Å². The highest BCUT2D eigenvalue weighted by molar-refractivity contribution is 5.94. The minimum Gasteiger partial charge on any atom is -0.479 e. The van der Waals surface area contributed by atoms with Crippen molar-refractivity contribution in [3.63, 3.8) is 0 Å². The van der Waals surface area contributed by atoms with Crippen LogP contribution in [0.3, 0.4) is 0 Å². The molecule has 0 spiro atoms. The minimum absolute atomic E-state index is 0.00499. The number of hydrogen-bond donors (Lipinski definition) is 2. The number of carbonyl (C=O) groups excluding carboxylic acids is 1. The maximum Gasteiger partial charge on any atom is 0.241 e. The van der Waals surface area contributed by atoms with Gasteiger partial charge in [-0.05, 0) is 43.7 Å². The second kappa shape index (κ2) is 6.76. The quantitative estimate of drug-likeness (QED) is 0.862. The first-order chi connectivity index (χ1) is 9.29. The SMILES string of the molecule is N#CCOc1ccc(NC(=O)[C@H]2CCCCN2)cc1. The van der Waals surface area contributed by atoms with Gasteiger partial charge in [0.2, 0.25) is 5.91 Å². The summed E-state index contributed by atoms with van der Waals surface area (Å²) in [6.45, 7) is 0.927. The van der Waals surface area contributed by atoms with Crippen LogP contribution in [0.4, 0.5) is 5.69 Å². The van der Waals surface area contributed by atoms with E-state index in [0.717, 1.165) is 31.5 Å². The summed E-state index contributed by atoms with van der Waals surface area (Å²) in [4.78, 5) is 12.0. The maximum absolute atomic E-state index is 12.0. The number of nitrogens with one attached hydrogen (secondary N) is 2. The molecular formula is C14H17N3O2.